The summed E-state index contributed by atoms with van der Waals surface area (Å²) in [4.78, 5) is 12.2. The van der Waals surface area contributed by atoms with Crippen LogP contribution in [0.25, 0.3) is 0 Å². The van der Waals surface area contributed by atoms with E-state index in [9.17, 15) is 13.2 Å². The summed E-state index contributed by atoms with van der Waals surface area (Å²) in [6, 6.07) is 1.36. The van der Waals surface area contributed by atoms with Gasteiger partial charge in [-0.3, -0.25) is 4.79 Å². The Balaban J connectivity index is 1.84. The number of halogens is 1. The van der Waals surface area contributed by atoms with Gasteiger partial charge in [0, 0.05) is 12.6 Å². The molecule has 0 spiro atoms. The highest BCUT2D eigenvalue weighted by Gasteiger charge is 2.41. The first kappa shape index (κ1) is 15.5. The molecule has 2 fully saturated rings. The molecule has 5 nitrogen and oxygen atoms in total. The van der Waals surface area contributed by atoms with Gasteiger partial charge in [0.05, 0.1) is 3.79 Å². The van der Waals surface area contributed by atoms with Crippen molar-refractivity contribution < 1.29 is 13.2 Å². The average molecular weight is 393 g/mol. The van der Waals surface area contributed by atoms with Crippen molar-refractivity contribution in [2.45, 2.75) is 48.9 Å². The smallest absolute Gasteiger partial charge is 0.253 e. The van der Waals surface area contributed by atoms with E-state index in [1.807, 2.05) is 6.92 Å². The Morgan fingerprint density at radius 2 is 2.14 bits per heavy atom. The molecule has 8 heteroatoms. The van der Waals surface area contributed by atoms with E-state index in [2.05, 4.69) is 21.2 Å². The monoisotopic (exact) mass is 392 g/mol. The van der Waals surface area contributed by atoms with Crippen molar-refractivity contribution in [1.82, 2.24) is 9.62 Å². The fourth-order valence-corrected chi connectivity index (χ4v) is 6.50. The second kappa shape index (κ2) is 5.64. The molecule has 1 unspecified atom stereocenters. The summed E-state index contributed by atoms with van der Waals surface area (Å²) in [6.45, 7) is 2.28. The molecule has 1 aromatic rings. The third kappa shape index (κ3) is 3.04. The number of rotatable bonds is 4. The van der Waals surface area contributed by atoms with Gasteiger partial charge in [0.2, 0.25) is 5.91 Å². The van der Waals surface area contributed by atoms with Crippen LogP contribution < -0.4 is 5.32 Å². The molecule has 2 aliphatic rings. The second-order valence-electron chi connectivity index (χ2n) is 5.58. The van der Waals surface area contributed by atoms with Gasteiger partial charge in [0.1, 0.15) is 10.3 Å². The number of sulfonamides is 1. The van der Waals surface area contributed by atoms with Crippen LogP contribution in [0.1, 0.15) is 31.2 Å². The van der Waals surface area contributed by atoms with Crippen LogP contribution in [0.4, 0.5) is 0 Å². The molecule has 116 valence electrons. The largest absolute Gasteiger partial charge is 0.352 e. The Morgan fingerprint density at radius 3 is 2.71 bits per heavy atom. The highest BCUT2D eigenvalue weighted by atomic mass is 79.9. The quantitative estimate of drug-likeness (QED) is 0.854. The van der Waals surface area contributed by atoms with E-state index in [0.29, 0.717) is 17.2 Å². The maximum atomic E-state index is 12.8. The van der Waals surface area contributed by atoms with Crippen LogP contribution >= 0.6 is 27.3 Å². The molecule has 3 rings (SSSR count). The van der Waals surface area contributed by atoms with Gasteiger partial charge in [-0.25, -0.2) is 8.42 Å². The third-order valence-corrected chi connectivity index (χ3v) is 8.32. The lowest BCUT2D eigenvalue weighted by atomic mass is 10.2. The van der Waals surface area contributed by atoms with Crippen molar-refractivity contribution in [2.24, 2.45) is 0 Å². The molecule has 1 aliphatic carbocycles. The predicted molar refractivity (Wildman–Crippen MR) is 84.8 cm³/mol. The molecule has 1 aromatic heterocycles. The molecule has 1 amide bonds. The summed E-state index contributed by atoms with van der Waals surface area (Å²) >= 11 is 4.56. The van der Waals surface area contributed by atoms with E-state index in [0.717, 1.165) is 28.6 Å². The minimum absolute atomic E-state index is 0.147. The number of carbonyl (C=O) groups excluding carboxylic acids is 1. The van der Waals surface area contributed by atoms with Gasteiger partial charge in [0.15, 0.2) is 0 Å². The van der Waals surface area contributed by atoms with Gasteiger partial charge < -0.3 is 5.32 Å². The zero-order valence-corrected chi connectivity index (χ0v) is 14.9. The summed E-state index contributed by atoms with van der Waals surface area (Å²) < 4.78 is 28.0. The summed E-state index contributed by atoms with van der Waals surface area (Å²) in [5, 5.41) is 2.92. The zero-order valence-electron chi connectivity index (χ0n) is 11.6. The Bertz CT molecular complexity index is 647. The molecule has 1 aliphatic heterocycles. The van der Waals surface area contributed by atoms with Gasteiger partial charge in [-0.1, -0.05) is 0 Å². The number of hydrogen-bond acceptors (Lipinski definition) is 4. The molecule has 1 saturated carbocycles. The first-order valence-corrected chi connectivity index (χ1v) is 10.0. The van der Waals surface area contributed by atoms with E-state index in [1.165, 1.54) is 15.6 Å². The Hall–Kier alpha value is -0.440. The van der Waals surface area contributed by atoms with Crippen molar-refractivity contribution in [2.75, 3.05) is 6.54 Å². The molecular formula is C13H17BrN2O3S2. The normalized spacial score (nSPS) is 23.4. The lowest BCUT2D eigenvalue weighted by Crippen LogP contribution is -2.46. The van der Waals surface area contributed by atoms with Gasteiger partial charge in [0.25, 0.3) is 10.0 Å². The van der Waals surface area contributed by atoms with Crippen molar-refractivity contribution in [1.29, 1.82) is 0 Å². The van der Waals surface area contributed by atoms with Gasteiger partial charge in [-0.15, -0.1) is 11.3 Å². The Kier molecular flexibility index (Phi) is 4.15. The minimum Gasteiger partial charge on any atom is -0.352 e. The summed E-state index contributed by atoms with van der Waals surface area (Å²) in [5.74, 6) is -0.147. The maximum absolute atomic E-state index is 12.8. The van der Waals surface area contributed by atoms with Crippen LogP contribution in [0.2, 0.25) is 0 Å². The number of nitrogens with zero attached hydrogens (tertiary/aromatic N) is 1. The molecule has 0 bridgehead atoms. The summed E-state index contributed by atoms with van der Waals surface area (Å²) in [6.07, 6.45) is 3.33. The third-order valence-electron chi connectivity index (χ3n) is 3.83. The van der Waals surface area contributed by atoms with Crippen LogP contribution in [0.3, 0.4) is 0 Å². The van der Waals surface area contributed by atoms with Gasteiger partial charge in [-0.2, -0.15) is 4.31 Å². The number of amides is 1. The molecule has 2 heterocycles. The van der Waals surface area contributed by atoms with Crippen LogP contribution in [-0.4, -0.2) is 37.3 Å². The number of carbonyl (C=O) groups is 1. The zero-order chi connectivity index (χ0) is 15.2. The lowest BCUT2D eigenvalue weighted by molar-refractivity contribution is -0.124. The van der Waals surface area contributed by atoms with Crippen molar-refractivity contribution in [3.05, 3.63) is 15.4 Å². The number of nitrogens with one attached hydrogen (secondary N) is 1. The molecule has 1 saturated heterocycles. The predicted octanol–water partition coefficient (Wildman–Crippen LogP) is 2.25. The van der Waals surface area contributed by atoms with E-state index in [-0.39, 0.29) is 11.9 Å². The van der Waals surface area contributed by atoms with E-state index in [4.69, 9.17) is 0 Å². The Morgan fingerprint density at radius 1 is 1.43 bits per heavy atom. The molecule has 0 radical (unpaired) electrons. The standard InChI is InChI=1S/C13H17BrN2O3S2/c1-8-7-11(20-12(8)14)21(18,19)16-6-2-3-10(16)13(17)15-9-4-5-9/h7,9-10H,2-6H2,1H3,(H,15,17). The van der Waals surface area contributed by atoms with Crippen molar-refractivity contribution in [3.8, 4) is 0 Å². The van der Waals surface area contributed by atoms with Crippen LogP contribution in [0, 0.1) is 6.92 Å². The molecule has 21 heavy (non-hydrogen) atoms. The van der Waals surface area contributed by atoms with Crippen molar-refractivity contribution in [3.63, 3.8) is 0 Å². The van der Waals surface area contributed by atoms with Crippen LogP contribution in [-0.2, 0) is 14.8 Å². The fourth-order valence-electron chi connectivity index (χ4n) is 2.49. The minimum atomic E-state index is -3.59. The van der Waals surface area contributed by atoms with Gasteiger partial charge >= 0.3 is 0 Å². The molecular weight excluding hydrogens is 376 g/mol. The van der Waals surface area contributed by atoms with Crippen molar-refractivity contribution >= 4 is 43.2 Å². The van der Waals surface area contributed by atoms with E-state index >= 15 is 0 Å². The maximum Gasteiger partial charge on any atom is 0.253 e. The second-order valence-corrected chi connectivity index (χ2v) is 10.1. The van der Waals surface area contributed by atoms with E-state index < -0.39 is 16.1 Å². The van der Waals surface area contributed by atoms with Crippen LogP contribution in [0.15, 0.2) is 14.1 Å². The van der Waals surface area contributed by atoms with Crippen LogP contribution in [0.5, 0.6) is 0 Å². The molecule has 0 aromatic carbocycles. The fraction of sp³-hybridized carbons (Fsp3) is 0.615. The summed E-state index contributed by atoms with van der Waals surface area (Å²) in [7, 11) is -3.59. The highest BCUT2D eigenvalue weighted by Crippen LogP contribution is 2.35. The topological polar surface area (TPSA) is 66.5 Å². The summed E-state index contributed by atoms with van der Waals surface area (Å²) in [5.41, 5.74) is 0.900. The Labute approximate surface area is 136 Å². The van der Waals surface area contributed by atoms with Gasteiger partial charge in [-0.05, 0) is 60.2 Å². The number of hydrogen-bond donors (Lipinski definition) is 1. The number of aryl methyl sites for hydroxylation is 1. The first-order valence-electron chi connectivity index (χ1n) is 6.98. The SMILES string of the molecule is Cc1cc(S(=O)(=O)N2CCCC2C(=O)NC2CC2)sc1Br. The lowest BCUT2D eigenvalue weighted by Gasteiger charge is -2.22. The highest BCUT2D eigenvalue weighted by molar-refractivity contribution is 9.11. The average Bonchev–Trinajstić information content (AvgIpc) is 2.97. The molecule has 1 atom stereocenters. The molecule has 1 N–H and O–H groups in total. The van der Waals surface area contributed by atoms with E-state index in [1.54, 1.807) is 6.07 Å². The number of thiophene rings is 1. The first-order chi connectivity index (χ1) is 9.89.